The fraction of sp³-hybridized carbons (Fsp3) is 0.556. The third kappa shape index (κ3) is 1.23. The van der Waals surface area contributed by atoms with E-state index in [4.69, 9.17) is 0 Å². The highest BCUT2D eigenvalue weighted by atomic mass is 19.3. The average molecular weight is 200 g/mol. The van der Waals surface area contributed by atoms with Crippen molar-refractivity contribution < 1.29 is 13.6 Å². The fourth-order valence-electron chi connectivity index (χ4n) is 1.47. The monoisotopic (exact) mass is 200 g/mol. The van der Waals surface area contributed by atoms with Crippen LogP contribution in [0.4, 0.5) is 8.78 Å². The maximum Gasteiger partial charge on any atom is 0.251 e. The van der Waals surface area contributed by atoms with Crippen molar-refractivity contribution in [1.82, 2.24) is 9.78 Å². The molecule has 1 aliphatic rings. The summed E-state index contributed by atoms with van der Waals surface area (Å²) in [6, 6.07) is 1.48. The van der Waals surface area contributed by atoms with Crippen molar-refractivity contribution in [2.45, 2.75) is 19.3 Å². The van der Waals surface area contributed by atoms with Gasteiger partial charge in [-0.2, -0.15) is 5.10 Å². The Morgan fingerprint density at radius 1 is 1.64 bits per heavy atom. The molecule has 1 saturated carbocycles. The van der Waals surface area contributed by atoms with Crippen LogP contribution in [0, 0.1) is 5.41 Å². The first-order valence-corrected chi connectivity index (χ1v) is 4.39. The van der Waals surface area contributed by atoms with Gasteiger partial charge < -0.3 is 0 Å². The van der Waals surface area contributed by atoms with Gasteiger partial charge in [0, 0.05) is 13.2 Å². The number of hydrogen-bond donors (Lipinski definition) is 0. The Labute approximate surface area is 79.7 Å². The summed E-state index contributed by atoms with van der Waals surface area (Å²) in [6.45, 7) is 0. The number of Topliss-reactive ketones (excluding diaryl/α,β-unsaturated/α-hetero) is 1. The zero-order valence-electron chi connectivity index (χ0n) is 7.70. The summed E-state index contributed by atoms with van der Waals surface area (Å²) in [7, 11) is 1.65. The average Bonchev–Trinajstić information content (AvgIpc) is 2.84. The first-order valence-electron chi connectivity index (χ1n) is 4.39. The fourth-order valence-corrected chi connectivity index (χ4v) is 1.47. The van der Waals surface area contributed by atoms with Crippen molar-refractivity contribution >= 4 is 5.78 Å². The standard InChI is InChI=1S/C9H10F2N2O/c1-13-5-2-6(12-13)7(14)9(3-4-9)8(10)11/h2,5,8H,3-4H2,1H3. The number of aromatic nitrogens is 2. The first kappa shape index (κ1) is 9.30. The number of carbonyl (C=O) groups is 1. The lowest BCUT2D eigenvalue weighted by Crippen LogP contribution is -2.24. The summed E-state index contributed by atoms with van der Waals surface area (Å²) in [5.41, 5.74) is -1.28. The minimum Gasteiger partial charge on any atom is -0.292 e. The summed E-state index contributed by atoms with van der Waals surface area (Å²) >= 11 is 0. The van der Waals surface area contributed by atoms with E-state index in [-0.39, 0.29) is 18.5 Å². The molecular formula is C9H10F2N2O. The number of carbonyl (C=O) groups excluding carboxylic acids is 1. The molecule has 0 bridgehead atoms. The third-order valence-electron chi connectivity index (χ3n) is 2.60. The molecule has 1 aliphatic carbocycles. The van der Waals surface area contributed by atoms with Crippen molar-refractivity contribution in [3.05, 3.63) is 18.0 Å². The minimum atomic E-state index is -2.57. The number of halogens is 2. The van der Waals surface area contributed by atoms with Gasteiger partial charge in [0.05, 0.1) is 5.41 Å². The number of alkyl halides is 2. The van der Waals surface area contributed by atoms with Gasteiger partial charge in [-0.05, 0) is 18.9 Å². The summed E-state index contributed by atoms with van der Waals surface area (Å²) < 4.78 is 26.6. The van der Waals surface area contributed by atoms with Crippen LogP contribution in [0.15, 0.2) is 12.3 Å². The van der Waals surface area contributed by atoms with Crippen LogP contribution in [-0.2, 0) is 7.05 Å². The molecular weight excluding hydrogens is 190 g/mol. The minimum absolute atomic E-state index is 0.144. The first-order chi connectivity index (χ1) is 6.56. The largest absolute Gasteiger partial charge is 0.292 e. The van der Waals surface area contributed by atoms with Crippen LogP contribution < -0.4 is 0 Å². The van der Waals surface area contributed by atoms with E-state index in [0.29, 0.717) is 0 Å². The van der Waals surface area contributed by atoms with E-state index in [0.717, 1.165) is 0 Å². The summed E-state index contributed by atoms with van der Waals surface area (Å²) in [5.74, 6) is -0.520. The molecule has 1 heterocycles. The Hall–Kier alpha value is -1.26. The van der Waals surface area contributed by atoms with Crippen molar-refractivity contribution in [3.8, 4) is 0 Å². The lowest BCUT2D eigenvalue weighted by atomic mass is 9.99. The van der Waals surface area contributed by atoms with Gasteiger partial charge in [-0.25, -0.2) is 8.78 Å². The Balaban J connectivity index is 2.25. The zero-order valence-corrected chi connectivity index (χ0v) is 7.70. The molecule has 1 aromatic heterocycles. The molecule has 0 unspecified atom stereocenters. The molecule has 1 aromatic rings. The van der Waals surface area contributed by atoms with Crippen molar-refractivity contribution in [3.63, 3.8) is 0 Å². The van der Waals surface area contributed by atoms with Crippen LogP contribution in [0.2, 0.25) is 0 Å². The predicted octanol–water partition coefficient (Wildman–Crippen LogP) is 1.65. The van der Waals surface area contributed by atoms with Crippen LogP contribution in [0.25, 0.3) is 0 Å². The van der Waals surface area contributed by atoms with Crippen LogP contribution in [-0.4, -0.2) is 22.0 Å². The lowest BCUT2D eigenvalue weighted by Gasteiger charge is -2.09. The van der Waals surface area contributed by atoms with Gasteiger partial charge in [0.1, 0.15) is 5.69 Å². The predicted molar refractivity (Wildman–Crippen MR) is 45.2 cm³/mol. The van der Waals surface area contributed by atoms with E-state index in [2.05, 4.69) is 5.10 Å². The number of aryl methyl sites for hydroxylation is 1. The SMILES string of the molecule is Cn1ccc(C(=O)C2(C(F)F)CC2)n1. The van der Waals surface area contributed by atoms with E-state index in [1.165, 1.54) is 10.7 Å². The van der Waals surface area contributed by atoms with E-state index in [1.807, 2.05) is 0 Å². The molecule has 0 saturated heterocycles. The highest BCUT2D eigenvalue weighted by Gasteiger charge is 2.57. The molecule has 0 amide bonds. The number of nitrogens with zero attached hydrogens (tertiary/aromatic N) is 2. The molecule has 76 valence electrons. The molecule has 0 aliphatic heterocycles. The highest BCUT2D eigenvalue weighted by Crippen LogP contribution is 2.52. The molecule has 1 fully saturated rings. The molecule has 14 heavy (non-hydrogen) atoms. The Morgan fingerprint density at radius 2 is 2.29 bits per heavy atom. The van der Waals surface area contributed by atoms with Gasteiger partial charge in [0.25, 0.3) is 6.43 Å². The summed E-state index contributed by atoms with van der Waals surface area (Å²) in [4.78, 5) is 11.6. The van der Waals surface area contributed by atoms with E-state index < -0.39 is 17.6 Å². The van der Waals surface area contributed by atoms with Crippen LogP contribution in [0.1, 0.15) is 23.3 Å². The maximum absolute atomic E-state index is 12.6. The molecule has 2 rings (SSSR count). The molecule has 0 atom stereocenters. The van der Waals surface area contributed by atoms with Gasteiger partial charge in [-0.1, -0.05) is 0 Å². The topological polar surface area (TPSA) is 34.9 Å². The molecule has 0 radical (unpaired) electrons. The van der Waals surface area contributed by atoms with Gasteiger partial charge in [0.15, 0.2) is 5.78 Å². The number of hydrogen-bond acceptors (Lipinski definition) is 2. The maximum atomic E-state index is 12.6. The van der Waals surface area contributed by atoms with Gasteiger partial charge in [-0.15, -0.1) is 0 Å². The van der Waals surface area contributed by atoms with Gasteiger partial charge in [0.2, 0.25) is 0 Å². The van der Waals surface area contributed by atoms with E-state index in [9.17, 15) is 13.6 Å². The van der Waals surface area contributed by atoms with E-state index in [1.54, 1.807) is 13.2 Å². The normalized spacial score (nSPS) is 18.6. The van der Waals surface area contributed by atoms with Crippen molar-refractivity contribution in [1.29, 1.82) is 0 Å². The highest BCUT2D eigenvalue weighted by molar-refractivity contribution is 6.01. The Kier molecular flexibility index (Phi) is 1.90. The summed E-state index contributed by atoms with van der Waals surface area (Å²) in [5, 5.41) is 3.83. The third-order valence-corrected chi connectivity index (χ3v) is 2.60. The second-order valence-corrected chi connectivity index (χ2v) is 3.66. The molecule has 0 N–H and O–H groups in total. The molecule has 5 heteroatoms. The quantitative estimate of drug-likeness (QED) is 0.695. The summed E-state index contributed by atoms with van der Waals surface area (Å²) in [6.07, 6.45) is -0.438. The van der Waals surface area contributed by atoms with Crippen LogP contribution in [0.3, 0.4) is 0 Å². The van der Waals surface area contributed by atoms with Gasteiger partial charge >= 0.3 is 0 Å². The van der Waals surface area contributed by atoms with Gasteiger partial charge in [-0.3, -0.25) is 9.48 Å². The second kappa shape index (κ2) is 2.87. The second-order valence-electron chi connectivity index (χ2n) is 3.66. The lowest BCUT2D eigenvalue weighted by molar-refractivity contribution is 0.0467. The van der Waals surface area contributed by atoms with Crippen molar-refractivity contribution in [2.75, 3.05) is 0 Å². The Bertz CT molecular complexity index is 369. The Morgan fingerprint density at radius 3 is 2.64 bits per heavy atom. The number of rotatable bonds is 3. The number of ketones is 1. The van der Waals surface area contributed by atoms with Crippen LogP contribution >= 0.6 is 0 Å². The molecule has 0 spiro atoms. The zero-order chi connectivity index (χ0) is 10.3. The van der Waals surface area contributed by atoms with E-state index >= 15 is 0 Å². The molecule has 0 aromatic carbocycles. The van der Waals surface area contributed by atoms with Crippen molar-refractivity contribution in [2.24, 2.45) is 12.5 Å². The molecule has 3 nitrogen and oxygen atoms in total. The smallest absolute Gasteiger partial charge is 0.251 e. The van der Waals surface area contributed by atoms with Crippen LogP contribution in [0.5, 0.6) is 0 Å².